The number of amides is 2. The molecule has 10 nitrogen and oxygen atoms in total. The van der Waals surface area contributed by atoms with Gasteiger partial charge in [0.05, 0.1) is 11.3 Å². The Hall–Kier alpha value is -3.08. The average molecular weight is 433 g/mol. The van der Waals surface area contributed by atoms with Crippen LogP contribution in [0.2, 0.25) is 0 Å². The Labute approximate surface area is 177 Å². The van der Waals surface area contributed by atoms with E-state index in [0.717, 1.165) is 12.8 Å². The summed E-state index contributed by atoms with van der Waals surface area (Å²) in [5, 5.41) is 15.5. The second kappa shape index (κ2) is 9.61. The highest BCUT2D eigenvalue weighted by Crippen LogP contribution is 2.41. The van der Waals surface area contributed by atoms with Gasteiger partial charge in [0.1, 0.15) is 23.8 Å². The van der Waals surface area contributed by atoms with Crippen molar-refractivity contribution in [2.24, 2.45) is 11.1 Å². The molecule has 2 aliphatic heterocycles. The van der Waals surface area contributed by atoms with E-state index in [4.69, 9.17) is 10.6 Å². The number of nitrogens with zero attached hydrogens (tertiary/aromatic N) is 3. The summed E-state index contributed by atoms with van der Waals surface area (Å²) in [5.74, 6) is -1.81. The van der Waals surface area contributed by atoms with Crippen molar-refractivity contribution in [2.45, 2.75) is 25.1 Å². The Morgan fingerprint density at radius 1 is 1.47 bits per heavy atom. The van der Waals surface area contributed by atoms with E-state index in [1.165, 1.54) is 22.7 Å². The van der Waals surface area contributed by atoms with Crippen molar-refractivity contribution in [2.75, 3.05) is 24.6 Å². The van der Waals surface area contributed by atoms with Crippen LogP contribution in [-0.2, 0) is 19.2 Å². The molecular weight excluding hydrogens is 410 g/mol. The van der Waals surface area contributed by atoms with Crippen LogP contribution in [0.15, 0.2) is 35.1 Å². The minimum atomic E-state index is -1.14. The number of pyridine rings is 1. The van der Waals surface area contributed by atoms with E-state index in [-0.39, 0.29) is 40.7 Å². The first kappa shape index (κ1) is 21.6. The van der Waals surface area contributed by atoms with Gasteiger partial charge in [0.25, 0.3) is 5.91 Å². The van der Waals surface area contributed by atoms with Crippen molar-refractivity contribution >= 4 is 41.1 Å². The molecule has 1 saturated heterocycles. The number of β-lactam (4-membered cyclic amide) rings is 1. The molecule has 0 bridgehead atoms. The summed E-state index contributed by atoms with van der Waals surface area (Å²) in [5.41, 5.74) is 5.92. The van der Waals surface area contributed by atoms with Crippen LogP contribution in [0, 0.1) is 5.92 Å². The van der Waals surface area contributed by atoms with Gasteiger partial charge in [-0.25, -0.2) is 9.78 Å². The first-order chi connectivity index (χ1) is 14.4. The van der Waals surface area contributed by atoms with Gasteiger partial charge in [-0.15, -0.1) is 11.8 Å². The molecule has 3 rings (SSSR count). The zero-order chi connectivity index (χ0) is 21.7. The minimum Gasteiger partial charge on any atom is -0.477 e. The fourth-order valence-electron chi connectivity index (χ4n) is 3.07. The van der Waals surface area contributed by atoms with Crippen LogP contribution in [0.25, 0.3) is 0 Å². The van der Waals surface area contributed by atoms with E-state index < -0.39 is 17.8 Å². The van der Waals surface area contributed by atoms with Gasteiger partial charge in [-0.1, -0.05) is 24.6 Å². The van der Waals surface area contributed by atoms with Gasteiger partial charge in [0.15, 0.2) is 5.71 Å². The first-order valence-corrected chi connectivity index (χ1v) is 10.6. The number of rotatable bonds is 9. The number of carboxylic acids is 1. The van der Waals surface area contributed by atoms with Crippen LogP contribution in [0.1, 0.15) is 25.5 Å². The molecule has 1 aromatic heterocycles. The summed E-state index contributed by atoms with van der Waals surface area (Å²) in [7, 11) is 0. The second-order valence-electron chi connectivity index (χ2n) is 6.72. The number of unbranched alkanes of at least 4 members (excludes halogenated alkanes) is 1. The molecule has 30 heavy (non-hydrogen) atoms. The molecule has 1 fully saturated rings. The molecule has 2 amide bonds. The number of hydrogen-bond acceptors (Lipinski definition) is 8. The predicted molar refractivity (Wildman–Crippen MR) is 111 cm³/mol. The van der Waals surface area contributed by atoms with Crippen molar-refractivity contribution in [1.29, 1.82) is 0 Å². The number of hydrogen-bond donors (Lipinski definition) is 3. The minimum absolute atomic E-state index is 0.0122. The predicted octanol–water partition coefficient (Wildman–Crippen LogP) is 0.801. The number of oxime groups is 1. The van der Waals surface area contributed by atoms with Gasteiger partial charge < -0.3 is 21.0 Å². The van der Waals surface area contributed by atoms with Crippen molar-refractivity contribution in [1.82, 2.24) is 15.2 Å². The maximum atomic E-state index is 12.8. The fraction of sp³-hybridized carbons (Fsp3) is 0.421. The van der Waals surface area contributed by atoms with E-state index >= 15 is 0 Å². The highest BCUT2D eigenvalue weighted by molar-refractivity contribution is 8.00. The molecule has 0 spiro atoms. The normalized spacial score (nSPS) is 20.7. The third kappa shape index (κ3) is 4.56. The van der Waals surface area contributed by atoms with Crippen LogP contribution in [0.4, 0.5) is 5.82 Å². The van der Waals surface area contributed by atoms with E-state index in [2.05, 4.69) is 15.5 Å². The lowest BCUT2D eigenvalue weighted by Crippen LogP contribution is -2.63. The number of fused-ring (bicyclic) bond motifs is 1. The molecule has 2 atom stereocenters. The number of anilines is 1. The number of nitrogens with one attached hydrogen (secondary N) is 1. The molecular formula is C19H23N5O5S. The number of carbonyl (C=O) groups excluding carboxylic acids is 2. The Balaban J connectivity index is 1.67. The number of carbonyl (C=O) groups is 3. The van der Waals surface area contributed by atoms with Crippen molar-refractivity contribution in [3.8, 4) is 0 Å². The summed E-state index contributed by atoms with van der Waals surface area (Å²) < 4.78 is 0. The van der Waals surface area contributed by atoms with E-state index in [0.29, 0.717) is 12.4 Å². The molecule has 0 saturated carbocycles. The van der Waals surface area contributed by atoms with Crippen LogP contribution in [0.3, 0.4) is 0 Å². The monoisotopic (exact) mass is 433 g/mol. The lowest BCUT2D eigenvalue weighted by atomic mass is 9.96. The molecule has 0 aliphatic carbocycles. The van der Waals surface area contributed by atoms with Gasteiger partial charge in [0, 0.05) is 12.3 Å². The second-order valence-corrected chi connectivity index (χ2v) is 7.87. The van der Waals surface area contributed by atoms with Crippen molar-refractivity contribution in [3.63, 3.8) is 0 Å². The van der Waals surface area contributed by atoms with Crippen molar-refractivity contribution in [3.05, 3.63) is 35.7 Å². The van der Waals surface area contributed by atoms with E-state index in [1.807, 2.05) is 6.92 Å². The Kier molecular flexibility index (Phi) is 6.93. The lowest BCUT2D eigenvalue weighted by Gasteiger charge is -2.48. The zero-order valence-electron chi connectivity index (χ0n) is 16.4. The zero-order valence-corrected chi connectivity index (χ0v) is 17.2. The molecule has 160 valence electrons. The van der Waals surface area contributed by atoms with Gasteiger partial charge >= 0.3 is 5.97 Å². The average Bonchev–Trinajstić information content (AvgIpc) is 2.72. The molecule has 3 heterocycles. The number of nitrogen functional groups attached to an aromatic ring is 1. The smallest absolute Gasteiger partial charge is 0.352 e. The highest BCUT2D eigenvalue weighted by atomic mass is 32.2. The van der Waals surface area contributed by atoms with Gasteiger partial charge in [-0.2, -0.15) is 0 Å². The first-order valence-electron chi connectivity index (χ1n) is 9.53. The van der Waals surface area contributed by atoms with Gasteiger partial charge in [-0.05, 0) is 24.6 Å². The number of aromatic nitrogens is 1. The van der Waals surface area contributed by atoms with Crippen LogP contribution < -0.4 is 11.1 Å². The Morgan fingerprint density at radius 2 is 2.27 bits per heavy atom. The molecule has 2 aliphatic rings. The third-order valence-electron chi connectivity index (χ3n) is 4.63. The lowest BCUT2D eigenvalue weighted by molar-refractivity contribution is -0.152. The molecule has 11 heteroatoms. The summed E-state index contributed by atoms with van der Waals surface area (Å²) in [4.78, 5) is 47.1. The molecule has 4 N–H and O–H groups in total. The summed E-state index contributed by atoms with van der Waals surface area (Å²) >= 11 is 1.45. The Morgan fingerprint density at radius 3 is 2.97 bits per heavy atom. The number of nitrogens with two attached hydrogens (primary N) is 1. The summed E-state index contributed by atoms with van der Waals surface area (Å²) in [6.45, 7) is 2.41. The largest absolute Gasteiger partial charge is 0.477 e. The summed E-state index contributed by atoms with van der Waals surface area (Å²) in [6, 6.07) is 4.83. The molecule has 0 aromatic carbocycles. The van der Waals surface area contributed by atoms with E-state index in [1.54, 1.807) is 18.2 Å². The van der Waals surface area contributed by atoms with Gasteiger partial charge in [-0.3, -0.25) is 14.5 Å². The quantitative estimate of drug-likeness (QED) is 0.224. The molecule has 2 unspecified atom stereocenters. The maximum Gasteiger partial charge on any atom is 0.352 e. The molecule has 1 aromatic rings. The third-order valence-corrected chi connectivity index (χ3v) is 5.87. The van der Waals surface area contributed by atoms with E-state index in [9.17, 15) is 19.5 Å². The highest BCUT2D eigenvalue weighted by Gasteiger charge is 2.51. The van der Waals surface area contributed by atoms with Crippen LogP contribution in [-0.4, -0.2) is 62.8 Å². The SMILES string of the molecule is CCCCO/N=C(/C(=O)NCC1C(=O)N2C(C(=O)O)=CCSC12)c1cccc(N)n1. The number of carboxylic acid groups (broad SMARTS) is 1. The number of thioether (sulfide) groups is 1. The molecule has 0 radical (unpaired) electrons. The van der Waals surface area contributed by atoms with Crippen LogP contribution >= 0.6 is 11.8 Å². The van der Waals surface area contributed by atoms with Gasteiger partial charge in [0.2, 0.25) is 5.91 Å². The standard InChI is InChI=1S/C19H23N5O5S/c1-2-3-8-29-23-15(12-5-4-6-14(20)22-12)16(25)21-10-11-17(26)24-13(19(27)28)7-9-30-18(11)24/h4-7,11,18H,2-3,8-10H2,1H3,(H2,20,22)(H,21,25)(H,27,28)/b23-15+. The van der Waals surface area contributed by atoms with Crippen molar-refractivity contribution < 1.29 is 24.3 Å². The maximum absolute atomic E-state index is 12.8. The Bertz CT molecular complexity index is 903. The fourth-order valence-corrected chi connectivity index (χ4v) is 4.33. The van der Waals surface area contributed by atoms with Crippen LogP contribution in [0.5, 0.6) is 0 Å². The summed E-state index contributed by atoms with van der Waals surface area (Å²) in [6.07, 6.45) is 3.22. The number of aliphatic carboxylic acids is 1. The topological polar surface area (TPSA) is 147 Å².